The summed E-state index contributed by atoms with van der Waals surface area (Å²) in [7, 11) is 2.04. The normalized spacial score (nSPS) is 18.0. The predicted molar refractivity (Wildman–Crippen MR) is 149 cm³/mol. The number of benzene rings is 3. The number of nitrogens with one attached hydrogen (secondary N) is 2. The van der Waals surface area contributed by atoms with E-state index >= 15 is 0 Å². The van der Waals surface area contributed by atoms with Gasteiger partial charge in [-0.15, -0.1) is 0 Å². The number of likely N-dealkylation sites (N-methyl/N-ethyl adjacent to an activating group) is 1. The molecule has 3 aromatic carbocycles. The fraction of sp³-hybridized carbons (Fsp3) is 0.333. The molecule has 4 rings (SSSR count). The van der Waals surface area contributed by atoms with Gasteiger partial charge in [-0.3, -0.25) is 9.69 Å². The van der Waals surface area contributed by atoms with Gasteiger partial charge in [-0.05, 0) is 62.0 Å². The fourth-order valence-corrected chi connectivity index (χ4v) is 4.61. The lowest BCUT2D eigenvalue weighted by Crippen LogP contribution is -2.49. The first-order valence-electron chi connectivity index (χ1n) is 13.0. The van der Waals surface area contributed by atoms with E-state index in [1.807, 2.05) is 39.1 Å². The summed E-state index contributed by atoms with van der Waals surface area (Å²) in [6, 6.07) is 19.6. The van der Waals surface area contributed by atoms with Crippen LogP contribution in [-0.4, -0.2) is 65.7 Å². The Bertz CT molecular complexity index is 1270. The number of hydrogen-bond donors (Lipinski definition) is 3. The summed E-state index contributed by atoms with van der Waals surface area (Å²) in [6.07, 6.45) is -0.223. The van der Waals surface area contributed by atoms with Crippen LogP contribution < -0.4 is 15.4 Å². The van der Waals surface area contributed by atoms with E-state index < -0.39 is 17.9 Å². The van der Waals surface area contributed by atoms with Gasteiger partial charge in [-0.2, -0.15) is 0 Å². The number of fused-ring (bicyclic) bond motifs is 1. The SMILES string of the molecule is CC1CN(C(C)CO)C(=O)c2cc(NC(=O)Nc3ccc(F)cc3)ccc2OC1CN(C)Cc1ccccc1. The van der Waals surface area contributed by atoms with E-state index in [0.717, 1.165) is 6.54 Å². The molecule has 0 bridgehead atoms. The van der Waals surface area contributed by atoms with Crippen LogP contribution in [0.3, 0.4) is 0 Å². The van der Waals surface area contributed by atoms with Crippen molar-refractivity contribution in [3.63, 3.8) is 0 Å². The van der Waals surface area contributed by atoms with Crippen molar-refractivity contribution in [3.8, 4) is 5.75 Å². The number of carbonyl (C=O) groups excluding carboxylic acids is 2. The molecule has 3 unspecified atom stereocenters. The number of nitrogens with zero attached hydrogens (tertiary/aromatic N) is 2. The van der Waals surface area contributed by atoms with Crippen molar-refractivity contribution in [2.75, 3.05) is 37.4 Å². The molecule has 39 heavy (non-hydrogen) atoms. The van der Waals surface area contributed by atoms with Gasteiger partial charge >= 0.3 is 6.03 Å². The Morgan fingerprint density at radius 1 is 1.10 bits per heavy atom. The first-order valence-corrected chi connectivity index (χ1v) is 13.0. The van der Waals surface area contributed by atoms with Crippen LogP contribution in [0.4, 0.5) is 20.6 Å². The molecule has 1 aliphatic rings. The Hall–Kier alpha value is -3.95. The first-order chi connectivity index (χ1) is 18.7. The summed E-state index contributed by atoms with van der Waals surface area (Å²) >= 11 is 0. The van der Waals surface area contributed by atoms with E-state index in [2.05, 4.69) is 27.7 Å². The largest absolute Gasteiger partial charge is 0.488 e. The van der Waals surface area contributed by atoms with E-state index in [1.54, 1.807) is 23.1 Å². The highest BCUT2D eigenvalue weighted by Crippen LogP contribution is 2.31. The number of halogens is 1. The van der Waals surface area contributed by atoms with Gasteiger partial charge in [0, 0.05) is 36.9 Å². The minimum Gasteiger partial charge on any atom is -0.488 e. The summed E-state index contributed by atoms with van der Waals surface area (Å²) in [4.78, 5) is 30.0. The number of aliphatic hydroxyl groups is 1. The van der Waals surface area contributed by atoms with Crippen LogP contribution in [0.5, 0.6) is 5.75 Å². The molecule has 206 valence electrons. The number of amides is 3. The number of rotatable bonds is 8. The van der Waals surface area contributed by atoms with Gasteiger partial charge in [0.1, 0.15) is 17.7 Å². The predicted octanol–water partition coefficient (Wildman–Crippen LogP) is 4.82. The highest BCUT2D eigenvalue weighted by molar-refractivity contribution is 6.02. The van der Waals surface area contributed by atoms with E-state index in [4.69, 9.17) is 4.74 Å². The van der Waals surface area contributed by atoms with Gasteiger partial charge in [0.05, 0.1) is 18.2 Å². The zero-order chi connectivity index (χ0) is 27.9. The average Bonchev–Trinajstić information content (AvgIpc) is 2.92. The molecule has 9 heteroatoms. The van der Waals surface area contributed by atoms with Crippen LogP contribution in [0.2, 0.25) is 0 Å². The lowest BCUT2D eigenvalue weighted by Gasteiger charge is -2.38. The molecule has 0 saturated heterocycles. The Labute approximate surface area is 228 Å². The molecular formula is C30H35FN4O4. The standard InChI is InChI=1S/C30H35FN4O4/c1-20-16-35(21(2)19-36)29(37)26-15-25(33-30(38)32-24-11-9-23(31)10-12-24)13-14-27(26)39-28(20)18-34(3)17-22-7-5-4-6-8-22/h4-15,20-21,28,36H,16-19H2,1-3H3,(H2,32,33,38). The van der Waals surface area contributed by atoms with Crippen LogP contribution >= 0.6 is 0 Å². The van der Waals surface area contributed by atoms with E-state index in [9.17, 15) is 19.1 Å². The Balaban J connectivity index is 1.55. The summed E-state index contributed by atoms with van der Waals surface area (Å²) in [5, 5.41) is 15.2. The van der Waals surface area contributed by atoms with Crippen molar-refractivity contribution in [1.29, 1.82) is 0 Å². The van der Waals surface area contributed by atoms with Crippen molar-refractivity contribution in [1.82, 2.24) is 9.80 Å². The quantitative estimate of drug-likeness (QED) is 0.385. The second-order valence-corrected chi connectivity index (χ2v) is 10.1. The maximum atomic E-state index is 13.6. The van der Waals surface area contributed by atoms with Crippen LogP contribution in [0.1, 0.15) is 29.8 Å². The van der Waals surface area contributed by atoms with E-state index in [-0.39, 0.29) is 24.5 Å². The molecule has 3 aromatic rings. The van der Waals surface area contributed by atoms with E-state index in [0.29, 0.717) is 35.8 Å². The van der Waals surface area contributed by atoms with Crippen LogP contribution in [0.25, 0.3) is 0 Å². The maximum absolute atomic E-state index is 13.6. The fourth-order valence-electron chi connectivity index (χ4n) is 4.61. The van der Waals surface area contributed by atoms with Crippen LogP contribution in [-0.2, 0) is 6.54 Å². The van der Waals surface area contributed by atoms with Gasteiger partial charge in [0.25, 0.3) is 5.91 Å². The topological polar surface area (TPSA) is 94.1 Å². The lowest BCUT2D eigenvalue weighted by molar-refractivity contribution is 0.0341. The van der Waals surface area contributed by atoms with Crippen LogP contribution in [0, 0.1) is 11.7 Å². The third-order valence-corrected chi connectivity index (χ3v) is 6.81. The number of anilines is 2. The van der Waals surface area contributed by atoms with Crippen molar-refractivity contribution in [2.45, 2.75) is 32.5 Å². The molecule has 0 spiro atoms. The van der Waals surface area contributed by atoms with Crippen LogP contribution in [0.15, 0.2) is 72.8 Å². The Morgan fingerprint density at radius 2 is 1.77 bits per heavy atom. The summed E-state index contributed by atoms with van der Waals surface area (Å²) < 4.78 is 19.6. The number of urea groups is 1. The average molecular weight is 535 g/mol. The third kappa shape index (κ3) is 7.34. The molecular weight excluding hydrogens is 499 g/mol. The van der Waals surface area contributed by atoms with Gasteiger partial charge < -0.3 is 25.4 Å². The zero-order valence-electron chi connectivity index (χ0n) is 22.4. The molecule has 0 aliphatic carbocycles. The summed E-state index contributed by atoms with van der Waals surface area (Å²) in [6.45, 7) is 5.47. The number of carbonyl (C=O) groups is 2. The first kappa shape index (κ1) is 28.1. The van der Waals surface area contributed by atoms with Crippen molar-refractivity contribution in [2.24, 2.45) is 5.92 Å². The molecule has 0 radical (unpaired) electrons. The molecule has 1 aliphatic heterocycles. The molecule has 3 N–H and O–H groups in total. The van der Waals surface area contributed by atoms with Gasteiger partial charge in [-0.25, -0.2) is 9.18 Å². The van der Waals surface area contributed by atoms with Gasteiger partial charge in [0.2, 0.25) is 0 Å². The van der Waals surface area contributed by atoms with E-state index in [1.165, 1.54) is 29.8 Å². The Morgan fingerprint density at radius 3 is 2.46 bits per heavy atom. The minimum atomic E-state index is -0.532. The highest BCUT2D eigenvalue weighted by Gasteiger charge is 2.33. The second-order valence-electron chi connectivity index (χ2n) is 10.1. The number of ether oxygens (including phenoxy) is 1. The minimum absolute atomic E-state index is 0.00591. The smallest absolute Gasteiger partial charge is 0.323 e. The van der Waals surface area contributed by atoms with Gasteiger partial charge in [0.15, 0.2) is 0 Å². The monoisotopic (exact) mass is 534 g/mol. The Kier molecular flexibility index (Phi) is 9.16. The molecule has 0 aromatic heterocycles. The molecule has 0 saturated carbocycles. The zero-order valence-corrected chi connectivity index (χ0v) is 22.4. The molecule has 3 atom stereocenters. The second kappa shape index (κ2) is 12.7. The third-order valence-electron chi connectivity index (χ3n) is 6.81. The summed E-state index contributed by atoms with van der Waals surface area (Å²) in [5.74, 6) is -0.267. The van der Waals surface area contributed by atoms with Crippen molar-refractivity contribution >= 4 is 23.3 Å². The number of aliphatic hydroxyl groups excluding tert-OH is 1. The molecule has 3 amide bonds. The molecule has 8 nitrogen and oxygen atoms in total. The van der Waals surface area contributed by atoms with Crippen molar-refractivity contribution < 1.29 is 23.8 Å². The maximum Gasteiger partial charge on any atom is 0.323 e. The van der Waals surface area contributed by atoms with Crippen molar-refractivity contribution in [3.05, 3.63) is 89.7 Å². The lowest BCUT2D eigenvalue weighted by atomic mass is 9.99. The highest BCUT2D eigenvalue weighted by atomic mass is 19.1. The number of hydrogen-bond acceptors (Lipinski definition) is 5. The molecule has 1 heterocycles. The molecule has 0 fully saturated rings. The summed E-state index contributed by atoms with van der Waals surface area (Å²) in [5.41, 5.74) is 2.32. The van der Waals surface area contributed by atoms with Gasteiger partial charge in [-0.1, -0.05) is 37.3 Å².